The van der Waals surface area contributed by atoms with Crippen LogP contribution in [0.5, 0.6) is 0 Å². The van der Waals surface area contributed by atoms with Crippen molar-refractivity contribution in [3.05, 3.63) is 64.7 Å². The molecule has 0 spiro atoms. The molecule has 2 aromatic rings. The molecule has 1 nitrogen and oxygen atoms in total. The van der Waals surface area contributed by atoms with E-state index < -0.39 is 0 Å². The standard InChI is InChI=1S/C18H22ClNS/c1-3-20-17(11-15-9-7-14(2)8-10-15)13-21-18-6-4-5-16(19)12-18/h4-10,12,17,20H,3,11,13H2,1-2H3. The molecular formula is C18H22ClNS. The van der Waals surface area contributed by atoms with E-state index in [0.29, 0.717) is 6.04 Å². The van der Waals surface area contributed by atoms with Crippen LogP contribution < -0.4 is 5.32 Å². The van der Waals surface area contributed by atoms with Crippen LogP contribution in [0.3, 0.4) is 0 Å². The average Bonchev–Trinajstić information content (AvgIpc) is 2.47. The summed E-state index contributed by atoms with van der Waals surface area (Å²) >= 11 is 7.90. The van der Waals surface area contributed by atoms with E-state index in [-0.39, 0.29) is 0 Å². The smallest absolute Gasteiger partial charge is 0.0417 e. The molecule has 3 heteroatoms. The van der Waals surface area contributed by atoms with Crippen LogP contribution in [0.1, 0.15) is 18.1 Å². The first kappa shape index (κ1) is 16.4. The first-order valence-corrected chi connectivity index (χ1v) is 8.71. The molecule has 1 N–H and O–H groups in total. The maximum absolute atomic E-state index is 6.04. The van der Waals surface area contributed by atoms with Gasteiger partial charge in [-0.05, 0) is 43.7 Å². The maximum atomic E-state index is 6.04. The summed E-state index contributed by atoms with van der Waals surface area (Å²) in [6.07, 6.45) is 1.06. The van der Waals surface area contributed by atoms with Crippen LogP contribution in [0.4, 0.5) is 0 Å². The van der Waals surface area contributed by atoms with Crippen LogP contribution in [-0.2, 0) is 6.42 Å². The number of likely N-dealkylation sites (N-methyl/N-ethyl adjacent to an activating group) is 1. The van der Waals surface area contributed by atoms with Gasteiger partial charge >= 0.3 is 0 Å². The van der Waals surface area contributed by atoms with Gasteiger partial charge in [-0.25, -0.2) is 0 Å². The van der Waals surface area contributed by atoms with Crippen molar-refractivity contribution in [1.82, 2.24) is 5.32 Å². The van der Waals surface area contributed by atoms with Gasteiger partial charge in [0.1, 0.15) is 0 Å². The second-order valence-corrected chi connectivity index (χ2v) is 6.74. The van der Waals surface area contributed by atoms with Gasteiger partial charge in [0.05, 0.1) is 0 Å². The number of benzene rings is 2. The molecule has 0 aliphatic rings. The molecule has 0 aliphatic heterocycles. The summed E-state index contributed by atoms with van der Waals surface area (Å²) in [4.78, 5) is 1.23. The van der Waals surface area contributed by atoms with E-state index in [1.165, 1.54) is 16.0 Å². The largest absolute Gasteiger partial charge is 0.313 e. The Labute approximate surface area is 137 Å². The highest BCUT2D eigenvalue weighted by molar-refractivity contribution is 7.99. The predicted molar refractivity (Wildman–Crippen MR) is 94.5 cm³/mol. The summed E-state index contributed by atoms with van der Waals surface area (Å²) in [6.45, 7) is 5.28. The Balaban J connectivity index is 1.93. The Kier molecular flexibility index (Phi) is 6.62. The van der Waals surface area contributed by atoms with Gasteiger partial charge in [0.25, 0.3) is 0 Å². The molecule has 112 valence electrons. The number of thioether (sulfide) groups is 1. The lowest BCUT2D eigenvalue weighted by Gasteiger charge is -2.18. The zero-order valence-electron chi connectivity index (χ0n) is 12.6. The van der Waals surface area contributed by atoms with Crippen LogP contribution in [0, 0.1) is 6.92 Å². The lowest BCUT2D eigenvalue weighted by atomic mass is 10.1. The summed E-state index contributed by atoms with van der Waals surface area (Å²) in [6, 6.07) is 17.4. The third-order valence-corrected chi connectivity index (χ3v) is 4.73. The van der Waals surface area contributed by atoms with Gasteiger partial charge in [0.2, 0.25) is 0 Å². The zero-order valence-corrected chi connectivity index (χ0v) is 14.2. The molecule has 2 aromatic carbocycles. The molecule has 0 aromatic heterocycles. The highest BCUT2D eigenvalue weighted by atomic mass is 35.5. The van der Waals surface area contributed by atoms with Crippen LogP contribution in [0.25, 0.3) is 0 Å². The van der Waals surface area contributed by atoms with Crippen molar-refractivity contribution < 1.29 is 0 Å². The summed E-state index contributed by atoms with van der Waals surface area (Å²) in [5, 5.41) is 4.38. The van der Waals surface area contributed by atoms with Crippen molar-refractivity contribution in [1.29, 1.82) is 0 Å². The second kappa shape index (κ2) is 8.47. The lowest BCUT2D eigenvalue weighted by Crippen LogP contribution is -2.33. The van der Waals surface area contributed by atoms with Gasteiger partial charge in [-0.15, -0.1) is 11.8 Å². The highest BCUT2D eigenvalue weighted by Crippen LogP contribution is 2.23. The minimum absolute atomic E-state index is 0.474. The molecule has 21 heavy (non-hydrogen) atoms. The van der Waals surface area contributed by atoms with Gasteiger partial charge < -0.3 is 5.32 Å². The Bertz CT molecular complexity index is 553. The number of rotatable bonds is 7. The van der Waals surface area contributed by atoms with Crippen LogP contribution in [-0.4, -0.2) is 18.3 Å². The SMILES string of the molecule is CCNC(CSc1cccc(Cl)c1)Cc1ccc(C)cc1. The molecule has 0 saturated heterocycles. The Morgan fingerprint density at radius 2 is 1.90 bits per heavy atom. The van der Waals surface area contributed by atoms with Crippen molar-refractivity contribution >= 4 is 23.4 Å². The maximum Gasteiger partial charge on any atom is 0.0417 e. The van der Waals surface area contributed by atoms with E-state index in [4.69, 9.17) is 11.6 Å². The molecule has 0 heterocycles. The van der Waals surface area contributed by atoms with Gasteiger partial charge in [0.15, 0.2) is 0 Å². The van der Waals surface area contributed by atoms with Gasteiger partial charge in [-0.1, -0.05) is 54.4 Å². The summed E-state index contributed by atoms with van der Waals surface area (Å²) in [7, 11) is 0. The van der Waals surface area contributed by atoms with E-state index in [2.05, 4.69) is 49.5 Å². The van der Waals surface area contributed by atoms with Crippen LogP contribution in [0.15, 0.2) is 53.4 Å². The number of hydrogen-bond acceptors (Lipinski definition) is 2. The Hall–Kier alpha value is -0.960. The first-order valence-electron chi connectivity index (χ1n) is 7.34. The van der Waals surface area contributed by atoms with Crippen LogP contribution in [0.2, 0.25) is 5.02 Å². The highest BCUT2D eigenvalue weighted by Gasteiger charge is 2.09. The Morgan fingerprint density at radius 1 is 1.14 bits per heavy atom. The van der Waals surface area contributed by atoms with Gasteiger partial charge in [-0.3, -0.25) is 0 Å². The first-order chi connectivity index (χ1) is 10.2. The fourth-order valence-corrected chi connectivity index (χ4v) is 3.51. The normalized spacial score (nSPS) is 12.3. The fraction of sp³-hybridized carbons (Fsp3) is 0.333. The molecule has 0 aliphatic carbocycles. The van der Waals surface area contributed by atoms with E-state index in [0.717, 1.165) is 23.7 Å². The summed E-state index contributed by atoms with van der Waals surface area (Å²) in [5.74, 6) is 1.04. The summed E-state index contributed by atoms with van der Waals surface area (Å²) in [5.41, 5.74) is 2.70. The predicted octanol–water partition coefficient (Wildman–Crippen LogP) is 4.96. The lowest BCUT2D eigenvalue weighted by molar-refractivity contribution is 0.572. The summed E-state index contributed by atoms with van der Waals surface area (Å²) < 4.78 is 0. The van der Waals surface area contributed by atoms with E-state index in [1.54, 1.807) is 0 Å². The fourth-order valence-electron chi connectivity index (χ4n) is 2.24. The molecule has 1 atom stereocenters. The zero-order chi connectivity index (χ0) is 15.1. The third-order valence-electron chi connectivity index (χ3n) is 3.34. The number of nitrogens with one attached hydrogen (secondary N) is 1. The van der Waals surface area contributed by atoms with Gasteiger partial charge in [0, 0.05) is 21.7 Å². The van der Waals surface area contributed by atoms with Crippen molar-refractivity contribution in [2.45, 2.75) is 31.2 Å². The Morgan fingerprint density at radius 3 is 2.57 bits per heavy atom. The molecule has 0 saturated carbocycles. The molecule has 0 bridgehead atoms. The molecular weight excluding hydrogens is 298 g/mol. The molecule has 0 amide bonds. The monoisotopic (exact) mass is 319 g/mol. The van der Waals surface area contributed by atoms with Crippen molar-refractivity contribution in [2.75, 3.05) is 12.3 Å². The number of hydrogen-bond donors (Lipinski definition) is 1. The minimum atomic E-state index is 0.474. The van der Waals surface area contributed by atoms with Crippen molar-refractivity contribution in [2.24, 2.45) is 0 Å². The van der Waals surface area contributed by atoms with Crippen molar-refractivity contribution in [3.63, 3.8) is 0 Å². The second-order valence-electron chi connectivity index (χ2n) is 5.21. The average molecular weight is 320 g/mol. The quantitative estimate of drug-likeness (QED) is 0.724. The molecule has 0 fully saturated rings. The van der Waals surface area contributed by atoms with E-state index >= 15 is 0 Å². The molecule has 2 rings (SSSR count). The number of halogens is 1. The molecule has 0 radical (unpaired) electrons. The number of aryl methyl sites for hydroxylation is 1. The molecule has 1 unspecified atom stereocenters. The van der Waals surface area contributed by atoms with E-state index in [1.807, 2.05) is 30.0 Å². The minimum Gasteiger partial charge on any atom is -0.313 e. The van der Waals surface area contributed by atoms with Crippen LogP contribution >= 0.6 is 23.4 Å². The topological polar surface area (TPSA) is 12.0 Å². The van der Waals surface area contributed by atoms with E-state index in [9.17, 15) is 0 Å². The van der Waals surface area contributed by atoms with Gasteiger partial charge in [-0.2, -0.15) is 0 Å². The third kappa shape index (κ3) is 5.74. The van der Waals surface area contributed by atoms with Crippen molar-refractivity contribution in [3.8, 4) is 0 Å².